The molecule has 2 aromatic rings. The summed E-state index contributed by atoms with van der Waals surface area (Å²) in [6, 6.07) is 9.17. The van der Waals surface area contributed by atoms with E-state index in [9.17, 15) is 0 Å². The van der Waals surface area contributed by atoms with Crippen LogP contribution in [0.1, 0.15) is 47.7 Å². The highest BCUT2D eigenvalue weighted by molar-refractivity contribution is 5.39. The lowest BCUT2D eigenvalue weighted by molar-refractivity contribution is 0.624. The van der Waals surface area contributed by atoms with Gasteiger partial charge in [0.2, 0.25) is 0 Å². The summed E-state index contributed by atoms with van der Waals surface area (Å²) in [6.45, 7) is 9.61. The van der Waals surface area contributed by atoms with Crippen LogP contribution in [0.2, 0.25) is 0 Å². The van der Waals surface area contributed by atoms with Gasteiger partial charge in [0.25, 0.3) is 0 Å². The largest absolute Gasteiger partial charge is 0.307 e. The number of hydrogen-bond donors (Lipinski definition) is 1. The molecule has 2 heteroatoms. The topological polar surface area (TPSA) is 24.9 Å². The zero-order chi connectivity index (χ0) is 14.5. The Bertz CT molecular complexity index is 555. The van der Waals surface area contributed by atoms with Gasteiger partial charge in [0.1, 0.15) is 0 Å². The van der Waals surface area contributed by atoms with Gasteiger partial charge in [0.05, 0.1) is 6.04 Å². The molecule has 1 atom stereocenters. The van der Waals surface area contributed by atoms with E-state index in [0.717, 1.165) is 13.0 Å². The highest BCUT2D eigenvalue weighted by Crippen LogP contribution is 2.26. The molecule has 1 aromatic carbocycles. The summed E-state index contributed by atoms with van der Waals surface area (Å²) >= 11 is 0. The average molecular weight is 268 g/mol. The third-order valence-electron chi connectivity index (χ3n) is 3.62. The first-order valence-electron chi connectivity index (χ1n) is 7.40. The molecule has 1 aromatic heterocycles. The van der Waals surface area contributed by atoms with Crippen LogP contribution in [0.15, 0.2) is 36.7 Å². The molecule has 0 fully saturated rings. The van der Waals surface area contributed by atoms with Gasteiger partial charge >= 0.3 is 0 Å². The first kappa shape index (κ1) is 14.7. The third-order valence-corrected chi connectivity index (χ3v) is 3.62. The molecule has 1 unspecified atom stereocenters. The van der Waals surface area contributed by atoms with Crippen LogP contribution >= 0.6 is 0 Å². The van der Waals surface area contributed by atoms with Crippen LogP contribution in [0.4, 0.5) is 0 Å². The van der Waals surface area contributed by atoms with Crippen molar-refractivity contribution in [1.82, 2.24) is 10.3 Å². The smallest absolute Gasteiger partial charge is 0.0580 e. The molecular weight excluding hydrogens is 244 g/mol. The molecule has 0 radical (unpaired) electrons. The van der Waals surface area contributed by atoms with Crippen molar-refractivity contribution in [3.63, 3.8) is 0 Å². The van der Waals surface area contributed by atoms with Crippen molar-refractivity contribution in [1.29, 1.82) is 0 Å². The zero-order valence-corrected chi connectivity index (χ0v) is 12.9. The van der Waals surface area contributed by atoms with Crippen LogP contribution in [0, 0.1) is 13.8 Å². The van der Waals surface area contributed by atoms with Gasteiger partial charge in [-0.1, -0.05) is 43.2 Å². The third kappa shape index (κ3) is 3.26. The second kappa shape index (κ2) is 6.67. The average Bonchev–Trinajstić information content (AvgIpc) is 2.43. The number of nitrogens with zero attached hydrogens (tertiary/aromatic N) is 1. The molecule has 1 N–H and O–H groups in total. The summed E-state index contributed by atoms with van der Waals surface area (Å²) in [5, 5.41) is 3.62. The Hall–Kier alpha value is -1.67. The van der Waals surface area contributed by atoms with E-state index < -0.39 is 0 Å². The molecule has 2 rings (SSSR count). The maximum absolute atomic E-state index is 4.26. The van der Waals surface area contributed by atoms with Gasteiger partial charge in [0.15, 0.2) is 0 Å². The van der Waals surface area contributed by atoms with Gasteiger partial charge < -0.3 is 5.32 Å². The standard InChI is InChI=1S/C18H24N2/c1-5-15-12-19-8-7-17(15)18(20-6-2)16-10-13(3)9-14(4)11-16/h7-12,18,20H,5-6H2,1-4H3. The summed E-state index contributed by atoms with van der Waals surface area (Å²) in [5.74, 6) is 0. The highest BCUT2D eigenvalue weighted by atomic mass is 14.9. The maximum atomic E-state index is 4.26. The van der Waals surface area contributed by atoms with Crippen molar-refractivity contribution in [3.8, 4) is 0 Å². The summed E-state index contributed by atoms with van der Waals surface area (Å²) in [4.78, 5) is 4.26. The Morgan fingerprint density at radius 1 is 1.10 bits per heavy atom. The molecule has 1 heterocycles. The van der Waals surface area contributed by atoms with Gasteiger partial charge in [-0.2, -0.15) is 0 Å². The van der Waals surface area contributed by atoms with Gasteiger partial charge in [-0.3, -0.25) is 4.98 Å². The van der Waals surface area contributed by atoms with E-state index in [1.807, 2.05) is 12.4 Å². The van der Waals surface area contributed by atoms with Crippen molar-refractivity contribution in [2.75, 3.05) is 6.54 Å². The second-order valence-electron chi connectivity index (χ2n) is 5.34. The summed E-state index contributed by atoms with van der Waals surface area (Å²) in [6.07, 6.45) is 4.89. The normalized spacial score (nSPS) is 12.4. The van der Waals surface area contributed by atoms with Crippen molar-refractivity contribution in [3.05, 3.63) is 64.5 Å². The number of benzene rings is 1. The minimum atomic E-state index is 0.247. The Morgan fingerprint density at radius 2 is 1.80 bits per heavy atom. The minimum Gasteiger partial charge on any atom is -0.307 e. The van der Waals surface area contributed by atoms with Crippen molar-refractivity contribution in [2.45, 2.75) is 40.2 Å². The van der Waals surface area contributed by atoms with E-state index in [-0.39, 0.29) is 6.04 Å². The van der Waals surface area contributed by atoms with Crippen LogP contribution in [-0.2, 0) is 6.42 Å². The molecule has 0 aliphatic rings. The number of rotatable bonds is 5. The van der Waals surface area contributed by atoms with Crippen LogP contribution in [0.3, 0.4) is 0 Å². The Balaban J connectivity index is 2.50. The lowest BCUT2D eigenvalue weighted by atomic mass is 9.92. The first-order chi connectivity index (χ1) is 9.65. The molecule has 0 bridgehead atoms. The quantitative estimate of drug-likeness (QED) is 0.888. The minimum absolute atomic E-state index is 0.247. The van der Waals surface area contributed by atoms with Gasteiger partial charge in [0, 0.05) is 12.4 Å². The van der Waals surface area contributed by atoms with E-state index in [2.05, 4.69) is 62.3 Å². The van der Waals surface area contributed by atoms with Crippen molar-refractivity contribution >= 4 is 0 Å². The molecule has 0 amide bonds. The number of pyridine rings is 1. The van der Waals surface area contributed by atoms with E-state index in [1.165, 1.54) is 27.8 Å². The molecule has 2 nitrogen and oxygen atoms in total. The van der Waals surface area contributed by atoms with Gasteiger partial charge in [-0.15, -0.1) is 0 Å². The molecule has 106 valence electrons. The predicted octanol–water partition coefficient (Wildman–Crippen LogP) is 3.96. The maximum Gasteiger partial charge on any atom is 0.0580 e. The van der Waals surface area contributed by atoms with Crippen molar-refractivity contribution in [2.24, 2.45) is 0 Å². The summed E-state index contributed by atoms with van der Waals surface area (Å²) in [7, 11) is 0. The molecule has 0 spiro atoms. The lowest BCUT2D eigenvalue weighted by Crippen LogP contribution is -2.23. The SMILES string of the molecule is CCNC(c1cc(C)cc(C)c1)c1ccncc1CC. The zero-order valence-electron chi connectivity index (χ0n) is 12.9. The second-order valence-corrected chi connectivity index (χ2v) is 5.34. The fourth-order valence-corrected chi connectivity index (χ4v) is 2.80. The Kier molecular flexibility index (Phi) is 4.91. The van der Waals surface area contributed by atoms with Crippen LogP contribution in [-0.4, -0.2) is 11.5 Å². The lowest BCUT2D eigenvalue weighted by Gasteiger charge is -2.22. The van der Waals surface area contributed by atoms with Crippen LogP contribution in [0.25, 0.3) is 0 Å². The van der Waals surface area contributed by atoms with Crippen LogP contribution < -0.4 is 5.32 Å². The van der Waals surface area contributed by atoms with Gasteiger partial charge in [-0.05, 0) is 49.6 Å². The molecule has 0 saturated heterocycles. The van der Waals surface area contributed by atoms with E-state index in [1.54, 1.807) is 0 Å². The summed E-state index contributed by atoms with van der Waals surface area (Å²) in [5.41, 5.74) is 6.63. The van der Waals surface area contributed by atoms with E-state index in [0.29, 0.717) is 0 Å². The number of aryl methyl sites for hydroxylation is 3. The summed E-state index contributed by atoms with van der Waals surface area (Å²) < 4.78 is 0. The Labute approximate surface area is 122 Å². The molecule has 0 aliphatic carbocycles. The number of nitrogens with one attached hydrogen (secondary N) is 1. The van der Waals surface area contributed by atoms with E-state index in [4.69, 9.17) is 0 Å². The molecule has 0 saturated carbocycles. The predicted molar refractivity (Wildman–Crippen MR) is 85.1 cm³/mol. The number of aromatic nitrogens is 1. The molecule has 20 heavy (non-hydrogen) atoms. The Morgan fingerprint density at radius 3 is 2.40 bits per heavy atom. The highest BCUT2D eigenvalue weighted by Gasteiger charge is 2.16. The van der Waals surface area contributed by atoms with Gasteiger partial charge in [-0.25, -0.2) is 0 Å². The van der Waals surface area contributed by atoms with E-state index >= 15 is 0 Å². The number of hydrogen-bond acceptors (Lipinski definition) is 2. The fourth-order valence-electron chi connectivity index (χ4n) is 2.80. The first-order valence-corrected chi connectivity index (χ1v) is 7.40. The van der Waals surface area contributed by atoms with Crippen LogP contribution in [0.5, 0.6) is 0 Å². The molecular formula is C18H24N2. The monoisotopic (exact) mass is 268 g/mol. The fraction of sp³-hybridized carbons (Fsp3) is 0.389. The molecule has 0 aliphatic heterocycles. The van der Waals surface area contributed by atoms with Crippen molar-refractivity contribution < 1.29 is 0 Å².